The number of allylic oxidation sites excluding steroid dienone is 1. The molecular weight excluding hydrogens is 272 g/mol. The molecule has 0 rings (SSSR count). The number of ether oxygens (including phenoxy) is 1. The third-order valence-corrected chi connectivity index (χ3v) is 1.93. The molecule has 4 nitrogen and oxygen atoms in total. The Morgan fingerprint density at radius 2 is 1.94 bits per heavy atom. The Labute approximate surface area is 106 Å². The third kappa shape index (κ3) is 5.90. The molecule has 0 N–H and O–H groups in total. The summed E-state index contributed by atoms with van der Waals surface area (Å²) in [7, 11) is 1.35. The van der Waals surface area contributed by atoms with Gasteiger partial charge in [0.05, 0.1) is 13.7 Å². The molecule has 0 spiro atoms. The van der Waals surface area contributed by atoms with Crippen LogP contribution in [0, 0.1) is 0 Å². The Morgan fingerprint density at radius 1 is 1.44 bits per heavy atom. The zero-order valence-corrected chi connectivity index (χ0v) is 12.3. The molecule has 0 amide bonds. The highest BCUT2D eigenvalue weighted by Gasteiger charge is 2.18. The minimum Gasteiger partial charge on any atom is -0.464 e. The van der Waals surface area contributed by atoms with E-state index in [1.165, 1.54) is 12.1 Å². The number of esters is 1. The van der Waals surface area contributed by atoms with E-state index in [2.05, 4.69) is 32.5 Å². The molecule has 0 saturated heterocycles. The van der Waals surface area contributed by atoms with Crippen molar-refractivity contribution in [1.82, 2.24) is 5.01 Å². The number of rotatable bonds is 5. The SMILES string of the molecule is C=NN(CCBr)C(C(=O)OC)=C(C)C.CC. The topological polar surface area (TPSA) is 41.9 Å². The second kappa shape index (κ2) is 10.7. The van der Waals surface area contributed by atoms with Gasteiger partial charge in [-0.05, 0) is 19.4 Å². The van der Waals surface area contributed by atoms with Crippen LogP contribution in [0.1, 0.15) is 27.7 Å². The van der Waals surface area contributed by atoms with E-state index < -0.39 is 5.97 Å². The molecule has 0 heterocycles. The Hall–Kier alpha value is -0.840. The summed E-state index contributed by atoms with van der Waals surface area (Å²) >= 11 is 3.28. The Kier molecular flexibility index (Phi) is 11.7. The van der Waals surface area contributed by atoms with E-state index >= 15 is 0 Å². The molecule has 0 bridgehead atoms. The van der Waals surface area contributed by atoms with Crippen molar-refractivity contribution in [3.05, 3.63) is 11.3 Å². The van der Waals surface area contributed by atoms with Crippen LogP contribution >= 0.6 is 15.9 Å². The first-order valence-corrected chi connectivity index (χ1v) is 6.26. The summed E-state index contributed by atoms with van der Waals surface area (Å²) in [5, 5.41) is 5.99. The maximum atomic E-state index is 11.4. The number of hydrazone groups is 1. The summed E-state index contributed by atoms with van der Waals surface area (Å²) in [6.07, 6.45) is 0. The molecule has 0 aliphatic heterocycles. The van der Waals surface area contributed by atoms with Crippen molar-refractivity contribution >= 4 is 28.6 Å². The normalized spacial score (nSPS) is 8.38. The highest BCUT2D eigenvalue weighted by molar-refractivity contribution is 9.09. The number of alkyl halides is 1. The van der Waals surface area contributed by atoms with E-state index in [-0.39, 0.29) is 0 Å². The van der Waals surface area contributed by atoms with Crippen molar-refractivity contribution < 1.29 is 9.53 Å². The lowest BCUT2D eigenvalue weighted by Gasteiger charge is -2.20. The van der Waals surface area contributed by atoms with Crippen LogP contribution in [0.15, 0.2) is 16.4 Å². The Balaban J connectivity index is 0. The van der Waals surface area contributed by atoms with Gasteiger partial charge in [0.1, 0.15) is 5.70 Å². The van der Waals surface area contributed by atoms with Crippen molar-refractivity contribution in [2.24, 2.45) is 5.10 Å². The number of hydrogen-bond donors (Lipinski definition) is 0. The fraction of sp³-hybridized carbons (Fsp3) is 0.636. The Bertz CT molecular complexity index is 248. The van der Waals surface area contributed by atoms with Gasteiger partial charge >= 0.3 is 5.97 Å². The van der Waals surface area contributed by atoms with Gasteiger partial charge in [-0.15, -0.1) is 0 Å². The van der Waals surface area contributed by atoms with E-state index in [0.29, 0.717) is 17.6 Å². The predicted molar refractivity (Wildman–Crippen MR) is 71.8 cm³/mol. The van der Waals surface area contributed by atoms with Crippen molar-refractivity contribution in [2.75, 3.05) is 19.0 Å². The van der Waals surface area contributed by atoms with Crippen LogP contribution < -0.4 is 0 Å². The lowest BCUT2D eigenvalue weighted by Crippen LogP contribution is -2.26. The van der Waals surface area contributed by atoms with Gasteiger partial charge in [-0.25, -0.2) is 4.79 Å². The summed E-state index contributed by atoms with van der Waals surface area (Å²) in [6.45, 7) is 11.7. The van der Waals surface area contributed by atoms with E-state index in [0.717, 1.165) is 5.57 Å². The largest absolute Gasteiger partial charge is 0.464 e. The first-order valence-electron chi connectivity index (χ1n) is 5.14. The van der Waals surface area contributed by atoms with Crippen LogP contribution in [0.4, 0.5) is 0 Å². The van der Waals surface area contributed by atoms with Gasteiger partial charge in [0.25, 0.3) is 0 Å². The fourth-order valence-corrected chi connectivity index (χ4v) is 1.33. The van der Waals surface area contributed by atoms with Gasteiger partial charge in [-0.2, -0.15) is 5.10 Å². The molecule has 0 fully saturated rings. The molecule has 0 unspecified atom stereocenters. The predicted octanol–water partition coefficient (Wildman–Crippen LogP) is 2.79. The fourth-order valence-electron chi connectivity index (χ4n) is 0.998. The molecule has 16 heavy (non-hydrogen) atoms. The van der Waals surface area contributed by atoms with Gasteiger partial charge in [0.2, 0.25) is 0 Å². The molecule has 0 saturated carbocycles. The van der Waals surface area contributed by atoms with Crippen LogP contribution in [0.5, 0.6) is 0 Å². The maximum Gasteiger partial charge on any atom is 0.356 e. The van der Waals surface area contributed by atoms with Gasteiger partial charge in [0, 0.05) is 12.0 Å². The van der Waals surface area contributed by atoms with Crippen molar-refractivity contribution in [3.63, 3.8) is 0 Å². The molecule has 0 aromatic heterocycles. The quantitative estimate of drug-likeness (QED) is 0.257. The van der Waals surface area contributed by atoms with Gasteiger partial charge in [-0.1, -0.05) is 29.8 Å². The standard InChI is InChI=1S/C9H15BrN2O2.C2H6/c1-7(2)8(9(13)14-4)12(11-3)6-5-10;1-2/h3,5-6H2,1-2,4H3;1-2H3. The zero-order chi connectivity index (χ0) is 13.1. The summed E-state index contributed by atoms with van der Waals surface area (Å²) in [4.78, 5) is 11.4. The minimum absolute atomic E-state index is 0.390. The second-order valence-corrected chi connectivity index (χ2v) is 3.59. The smallest absolute Gasteiger partial charge is 0.356 e. The number of hydrogen-bond acceptors (Lipinski definition) is 4. The van der Waals surface area contributed by atoms with Crippen molar-refractivity contribution in [3.8, 4) is 0 Å². The highest BCUT2D eigenvalue weighted by Crippen LogP contribution is 2.12. The first kappa shape index (κ1) is 17.6. The van der Waals surface area contributed by atoms with Gasteiger partial charge < -0.3 is 4.74 Å². The van der Waals surface area contributed by atoms with E-state index in [9.17, 15) is 4.79 Å². The zero-order valence-electron chi connectivity index (χ0n) is 10.7. The number of carbonyl (C=O) groups is 1. The average Bonchev–Trinajstić information content (AvgIpc) is 2.30. The number of nitrogens with zero attached hydrogens (tertiary/aromatic N) is 2. The summed E-state index contributed by atoms with van der Waals surface area (Å²) in [5.74, 6) is -0.390. The molecular formula is C11H21BrN2O2. The van der Waals surface area contributed by atoms with E-state index in [1.54, 1.807) is 0 Å². The maximum absolute atomic E-state index is 11.4. The molecule has 0 aromatic carbocycles. The number of methoxy groups -OCH3 is 1. The van der Waals surface area contributed by atoms with Crippen LogP contribution in [0.2, 0.25) is 0 Å². The molecule has 94 valence electrons. The van der Waals surface area contributed by atoms with Crippen LogP contribution in [-0.4, -0.2) is 36.7 Å². The third-order valence-electron chi connectivity index (χ3n) is 1.58. The molecule has 0 radical (unpaired) electrons. The summed E-state index contributed by atoms with van der Waals surface area (Å²) < 4.78 is 4.66. The van der Waals surface area contributed by atoms with Crippen LogP contribution in [0.3, 0.4) is 0 Å². The first-order chi connectivity index (χ1) is 7.58. The second-order valence-electron chi connectivity index (χ2n) is 2.79. The van der Waals surface area contributed by atoms with Gasteiger partial charge in [-0.3, -0.25) is 5.01 Å². The number of carbonyl (C=O) groups excluding carboxylic acids is 1. The van der Waals surface area contributed by atoms with Gasteiger partial charge in [0.15, 0.2) is 0 Å². The summed E-state index contributed by atoms with van der Waals surface area (Å²) in [5.41, 5.74) is 1.30. The molecule has 0 aliphatic rings. The molecule has 0 aliphatic carbocycles. The lowest BCUT2D eigenvalue weighted by atomic mass is 10.2. The Morgan fingerprint density at radius 3 is 2.19 bits per heavy atom. The minimum atomic E-state index is -0.390. The molecule has 5 heteroatoms. The van der Waals surface area contributed by atoms with E-state index in [1.807, 2.05) is 27.7 Å². The van der Waals surface area contributed by atoms with Crippen LogP contribution in [0.25, 0.3) is 0 Å². The monoisotopic (exact) mass is 292 g/mol. The molecule has 0 aromatic rings. The lowest BCUT2D eigenvalue weighted by molar-refractivity contribution is -0.138. The van der Waals surface area contributed by atoms with Crippen molar-refractivity contribution in [1.29, 1.82) is 0 Å². The molecule has 0 atom stereocenters. The number of halogens is 1. The van der Waals surface area contributed by atoms with Crippen molar-refractivity contribution in [2.45, 2.75) is 27.7 Å². The highest BCUT2D eigenvalue weighted by atomic mass is 79.9. The van der Waals surface area contributed by atoms with Crippen LogP contribution in [-0.2, 0) is 9.53 Å². The van der Waals surface area contributed by atoms with E-state index in [4.69, 9.17) is 0 Å². The summed E-state index contributed by atoms with van der Waals surface area (Å²) in [6, 6.07) is 0. The average molecular weight is 293 g/mol.